The monoisotopic (exact) mass is 438 g/mol. The molecule has 6 nitrogen and oxygen atoms in total. The van der Waals surface area contributed by atoms with E-state index < -0.39 is 6.04 Å². The van der Waals surface area contributed by atoms with E-state index in [1.54, 1.807) is 11.6 Å². The van der Waals surface area contributed by atoms with Gasteiger partial charge in [-0.05, 0) is 51.0 Å². The van der Waals surface area contributed by atoms with E-state index in [9.17, 15) is 9.59 Å². The SMILES string of the molecule is Cc1ccc(-n2nc(C)c(CC(=O)NC(C)C(=O)NCc3ccccc3)c2C)cc1Cl. The van der Waals surface area contributed by atoms with E-state index in [1.807, 2.05) is 69.3 Å². The molecule has 1 atom stereocenters. The van der Waals surface area contributed by atoms with Gasteiger partial charge in [0, 0.05) is 22.8 Å². The number of halogens is 1. The lowest BCUT2D eigenvalue weighted by Gasteiger charge is -2.14. The lowest BCUT2D eigenvalue weighted by Crippen LogP contribution is -2.45. The van der Waals surface area contributed by atoms with Gasteiger partial charge in [0.2, 0.25) is 11.8 Å². The summed E-state index contributed by atoms with van der Waals surface area (Å²) in [6.07, 6.45) is 0.146. The Hall–Kier alpha value is -3.12. The Balaban J connectivity index is 1.63. The molecule has 1 heterocycles. The number of aryl methyl sites for hydroxylation is 2. The number of hydrogen-bond acceptors (Lipinski definition) is 3. The molecule has 0 saturated heterocycles. The summed E-state index contributed by atoms with van der Waals surface area (Å²) in [5.74, 6) is -0.453. The second kappa shape index (κ2) is 9.79. The van der Waals surface area contributed by atoms with Crippen molar-refractivity contribution in [2.75, 3.05) is 0 Å². The average molecular weight is 439 g/mol. The molecule has 2 N–H and O–H groups in total. The minimum Gasteiger partial charge on any atom is -0.350 e. The van der Waals surface area contributed by atoms with Gasteiger partial charge in [0.15, 0.2) is 0 Å². The second-order valence-electron chi connectivity index (χ2n) is 7.66. The average Bonchev–Trinajstić information content (AvgIpc) is 3.02. The minimum atomic E-state index is -0.636. The maximum atomic E-state index is 12.6. The Morgan fingerprint density at radius 2 is 1.81 bits per heavy atom. The molecule has 0 aliphatic carbocycles. The maximum absolute atomic E-state index is 12.6. The first-order valence-electron chi connectivity index (χ1n) is 10.2. The summed E-state index contributed by atoms with van der Waals surface area (Å²) in [5.41, 5.74) is 5.32. The standard InChI is InChI=1S/C24H27ClN4O2/c1-15-10-11-20(12-22(15)25)29-18(4)21(16(2)28-29)13-23(30)27-17(3)24(31)26-14-19-8-6-5-7-9-19/h5-12,17H,13-14H2,1-4H3,(H,26,31)(H,27,30). The number of nitrogens with one attached hydrogen (secondary N) is 2. The Labute approximate surface area is 187 Å². The molecule has 162 valence electrons. The molecule has 0 bridgehead atoms. The van der Waals surface area contributed by atoms with E-state index in [-0.39, 0.29) is 18.2 Å². The van der Waals surface area contributed by atoms with Crippen molar-refractivity contribution < 1.29 is 9.59 Å². The Bertz CT molecular complexity index is 1090. The van der Waals surface area contributed by atoms with Crippen LogP contribution in [0.3, 0.4) is 0 Å². The normalized spacial score (nSPS) is 11.8. The highest BCUT2D eigenvalue weighted by Gasteiger charge is 2.20. The molecule has 0 aliphatic heterocycles. The number of amides is 2. The molecule has 0 aliphatic rings. The summed E-state index contributed by atoms with van der Waals surface area (Å²) >= 11 is 6.26. The fraction of sp³-hybridized carbons (Fsp3) is 0.292. The number of hydrogen-bond donors (Lipinski definition) is 2. The molecule has 2 amide bonds. The molecule has 0 fully saturated rings. The highest BCUT2D eigenvalue weighted by Crippen LogP contribution is 2.23. The van der Waals surface area contributed by atoms with Crippen LogP contribution >= 0.6 is 11.6 Å². The van der Waals surface area contributed by atoms with Gasteiger partial charge in [0.1, 0.15) is 6.04 Å². The molecule has 0 saturated carbocycles. The van der Waals surface area contributed by atoms with Crippen LogP contribution in [0.5, 0.6) is 0 Å². The van der Waals surface area contributed by atoms with Gasteiger partial charge < -0.3 is 10.6 Å². The molecule has 7 heteroatoms. The summed E-state index contributed by atoms with van der Waals surface area (Å²) in [6.45, 7) is 7.84. The summed E-state index contributed by atoms with van der Waals surface area (Å²) in [7, 11) is 0. The Kier molecular flexibility index (Phi) is 7.13. The number of nitrogens with zero attached hydrogens (tertiary/aromatic N) is 2. The first kappa shape index (κ1) is 22.6. The van der Waals surface area contributed by atoms with Crippen LogP contribution in [0, 0.1) is 20.8 Å². The van der Waals surface area contributed by atoms with Gasteiger partial charge in [-0.15, -0.1) is 0 Å². The summed E-state index contributed by atoms with van der Waals surface area (Å²) < 4.78 is 1.79. The molecule has 1 unspecified atom stereocenters. The molecule has 31 heavy (non-hydrogen) atoms. The zero-order chi connectivity index (χ0) is 22.5. The van der Waals surface area contributed by atoms with E-state index in [2.05, 4.69) is 15.7 Å². The minimum absolute atomic E-state index is 0.146. The van der Waals surface area contributed by atoms with Gasteiger partial charge in [-0.2, -0.15) is 5.10 Å². The van der Waals surface area contributed by atoms with Crippen LogP contribution in [-0.4, -0.2) is 27.6 Å². The van der Waals surface area contributed by atoms with Crippen molar-refractivity contribution in [1.82, 2.24) is 20.4 Å². The second-order valence-corrected chi connectivity index (χ2v) is 8.07. The number of benzene rings is 2. The van der Waals surface area contributed by atoms with Crippen LogP contribution in [0.1, 0.15) is 35.0 Å². The van der Waals surface area contributed by atoms with Gasteiger partial charge in [-0.25, -0.2) is 4.68 Å². The maximum Gasteiger partial charge on any atom is 0.242 e. The van der Waals surface area contributed by atoms with Crippen molar-refractivity contribution in [2.45, 2.75) is 46.7 Å². The van der Waals surface area contributed by atoms with E-state index in [0.29, 0.717) is 11.6 Å². The molecule has 3 rings (SSSR count). The molecule has 2 aromatic carbocycles. The van der Waals surface area contributed by atoms with Gasteiger partial charge in [-0.1, -0.05) is 48.0 Å². The van der Waals surface area contributed by atoms with Crippen molar-refractivity contribution in [1.29, 1.82) is 0 Å². The number of aromatic nitrogens is 2. The Morgan fingerprint density at radius 1 is 1.10 bits per heavy atom. The van der Waals surface area contributed by atoms with Gasteiger partial charge in [-0.3, -0.25) is 9.59 Å². The molecule has 0 radical (unpaired) electrons. The van der Waals surface area contributed by atoms with Gasteiger partial charge in [0.05, 0.1) is 17.8 Å². The van der Waals surface area contributed by atoms with Gasteiger partial charge in [0.25, 0.3) is 0 Å². The lowest BCUT2D eigenvalue weighted by atomic mass is 10.1. The highest BCUT2D eigenvalue weighted by molar-refractivity contribution is 6.31. The first-order valence-corrected chi connectivity index (χ1v) is 10.6. The fourth-order valence-electron chi connectivity index (χ4n) is 3.35. The van der Waals surface area contributed by atoms with Crippen LogP contribution < -0.4 is 10.6 Å². The van der Waals surface area contributed by atoms with Crippen molar-refractivity contribution in [2.24, 2.45) is 0 Å². The Morgan fingerprint density at radius 3 is 2.48 bits per heavy atom. The third-order valence-corrected chi connectivity index (χ3v) is 5.67. The lowest BCUT2D eigenvalue weighted by molar-refractivity contribution is -0.128. The smallest absolute Gasteiger partial charge is 0.242 e. The fourth-order valence-corrected chi connectivity index (χ4v) is 3.53. The van der Waals surface area contributed by atoms with E-state index in [1.165, 1.54) is 0 Å². The van der Waals surface area contributed by atoms with Crippen LogP contribution in [0.4, 0.5) is 0 Å². The molecular formula is C24H27ClN4O2. The van der Waals surface area contributed by atoms with Crippen molar-refractivity contribution in [3.63, 3.8) is 0 Å². The summed E-state index contributed by atoms with van der Waals surface area (Å²) in [6, 6.07) is 14.8. The summed E-state index contributed by atoms with van der Waals surface area (Å²) in [5, 5.41) is 10.9. The number of carbonyl (C=O) groups is 2. The van der Waals surface area contributed by atoms with E-state index >= 15 is 0 Å². The molecule has 3 aromatic rings. The third-order valence-electron chi connectivity index (χ3n) is 5.26. The van der Waals surface area contributed by atoms with Crippen molar-refractivity contribution in [3.05, 3.63) is 81.6 Å². The van der Waals surface area contributed by atoms with Crippen LogP contribution in [0.15, 0.2) is 48.5 Å². The number of carbonyl (C=O) groups excluding carboxylic acids is 2. The molecule has 0 spiro atoms. The van der Waals surface area contributed by atoms with E-state index in [4.69, 9.17) is 11.6 Å². The highest BCUT2D eigenvalue weighted by atomic mass is 35.5. The van der Waals surface area contributed by atoms with Gasteiger partial charge >= 0.3 is 0 Å². The molecule has 1 aromatic heterocycles. The predicted octanol–water partition coefficient (Wildman–Crippen LogP) is 3.81. The third kappa shape index (κ3) is 5.52. The zero-order valence-corrected chi connectivity index (χ0v) is 19.0. The number of rotatable bonds is 7. The quantitative estimate of drug-likeness (QED) is 0.588. The largest absolute Gasteiger partial charge is 0.350 e. The van der Waals surface area contributed by atoms with Crippen LogP contribution in [0.2, 0.25) is 5.02 Å². The van der Waals surface area contributed by atoms with Crippen LogP contribution in [0.25, 0.3) is 5.69 Å². The van der Waals surface area contributed by atoms with E-state index in [0.717, 1.165) is 33.8 Å². The summed E-state index contributed by atoms with van der Waals surface area (Å²) in [4.78, 5) is 24.9. The predicted molar refractivity (Wildman–Crippen MR) is 122 cm³/mol. The first-order chi connectivity index (χ1) is 14.8. The van der Waals surface area contributed by atoms with Crippen LogP contribution in [-0.2, 0) is 22.6 Å². The topological polar surface area (TPSA) is 76.0 Å². The molecular weight excluding hydrogens is 412 g/mol. The van der Waals surface area contributed by atoms with Crippen molar-refractivity contribution in [3.8, 4) is 5.69 Å². The van der Waals surface area contributed by atoms with Crippen molar-refractivity contribution >= 4 is 23.4 Å². The zero-order valence-electron chi connectivity index (χ0n) is 18.2.